The van der Waals surface area contributed by atoms with E-state index in [1.165, 1.54) is 76.3 Å². The Bertz CT molecular complexity index is 526. The number of hydrogen-bond acceptors (Lipinski definition) is 2. The van der Waals surface area contributed by atoms with Gasteiger partial charge in [0.1, 0.15) is 10.5 Å². The summed E-state index contributed by atoms with van der Waals surface area (Å²) in [4.78, 5) is 8.40. The van der Waals surface area contributed by atoms with Crippen LogP contribution in [0.2, 0.25) is 0 Å². The molecule has 0 aromatic carbocycles. The third-order valence-electron chi connectivity index (χ3n) is 5.16. The summed E-state index contributed by atoms with van der Waals surface area (Å²) in [6, 6.07) is 0. The van der Waals surface area contributed by atoms with Gasteiger partial charge in [0.2, 0.25) is 0 Å². The third-order valence-corrected chi connectivity index (χ3v) is 6.52. The van der Waals surface area contributed by atoms with E-state index in [1.807, 2.05) is 0 Å². The van der Waals surface area contributed by atoms with Gasteiger partial charge in [0.05, 0.1) is 4.47 Å². The van der Waals surface area contributed by atoms with Gasteiger partial charge in [-0.1, -0.05) is 57.2 Å². The van der Waals surface area contributed by atoms with Crippen molar-refractivity contribution in [2.24, 2.45) is 0 Å². The fourth-order valence-electron chi connectivity index (χ4n) is 3.91. The van der Waals surface area contributed by atoms with Gasteiger partial charge in [0.25, 0.3) is 0 Å². The van der Waals surface area contributed by atoms with Crippen LogP contribution in [0.3, 0.4) is 0 Å². The predicted octanol–water partition coefficient (Wildman–Crippen LogP) is 6.39. The first-order valence-corrected chi connectivity index (χ1v) is 9.75. The third kappa shape index (κ3) is 3.76. The highest BCUT2D eigenvalue weighted by molar-refractivity contribution is 9.10. The highest BCUT2D eigenvalue weighted by Crippen LogP contribution is 2.38. The van der Waals surface area contributed by atoms with E-state index in [1.54, 1.807) is 0 Å². The minimum atomic E-state index is 0.584. The molecule has 1 aromatic rings. The van der Waals surface area contributed by atoms with Gasteiger partial charge >= 0.3 is 0 Å². The first-order chi connectivity index (χ1) is 10.3. The van der Waals surface area contributed by atoms with E-state index in [-0.39, 0.29) is 0 Å². The lowest BCUT2D eigenvalue weighted by Gasteiger charge is -2.21. The van der Waals surface area contributed by atoms with Crippen LogP contribution >= 0.6 is 28.1 Å². The van der Waals surface area contributed by atoms with Crippen molar-refractivity contribution < 1.29 is 0 Å². The van der Waals surface area contributed by atoms with Crippen LogP contribution in [0.5, 0.6) is 0 Å². The number of nitrogens with zero attached hydrogens (tertiary/aromatic N) is 1. The maximum Gasteiger partial charge on any atom is 0.144 e. The van der Waals surface area contributed by atoms with E-state index in [4.69, 9.17) is 17.2 Å². The summed E-state index contributed by atoms with van der Waals surface area (Å²) in [6.45, 7) is 0. The zero-order valence-electron chi connectivity index (χ0n) is 12.7. The molecule has 3 rings (SSSR count). The molecule has 116 valence electrons. The second-order valence-corrected chi connectivity index (χ2v) is 7.86. The van der Waals surface area contributed by atoms with Crippen LogP contribution in [0, 0.1) is 4.64 Å². The molecule has 4 heteroatoms. The van der Waals surface area contributed by atoms with Crippen molar-refractivity contribution >= 4 is 28.1 Å². The van der Waals surface area contributed by atoms with E-state index in [9.17, 15) is 0 Å². The van der Waals surface area contributed by atoms with E-state index in [2.05, 4.69) is 20.9 Å². The van der Waals surface area contributed by atoms with E-state index < -0.39 is 0 Å². The molecule has 2 aliphatic rings. The van der Waals surface area contributed by atoms with Crippen molar-refractivity contribution in [3.05, 3.63) is 20.6 Å². The number of rotatable bonds is 2. The molecule has 0 saturated heterocycles. The number of H-pyrrole nitrogens is 1. The van der Waals surface area contributed by atoms with E-state index >= 15 is 0 Å². The lowest BCUT2D eigenvalue weighted by Crippen LogP contribution is -2.11. The fraction of sp³-hybridized carbons (Fsp3) is 0.765. The molecular formula is C17H25BrN2S. The van der Waals surface area contributed by atoms with Crippen molar-refractivity contribution in [1.82, 2.24) is 9.97 Å². The molecule has 2 nitrogen and oxygen atoms in total. The van der Waals surface area contributed by atoms with Crippen LogP contribution in [-0.2, 0) is 0 Å². The minimum absolute atomic E-state index is 0.584. The van der Waals surface area contributed by atoms with Gasteiger partial charge < -0.3 is 4.98 Å². The van der Waals surface area contributed by atoms with Gasteiger partial charge in [0.15, 0.2) is 0 Å². The molecule has 0 atom stereocenters. The quantitative estimate of drug-likeness (QED) is 0.612. The van der Waals surface area contributed by atoms with Gasteiger partial charge in [-0.15, -0.1) is 0 Å². The van der Waals surface area contributed by atoms with E-state index in [0.29, 0.717) is 11.8 Å². The number of aromatic nitrogens is 2. The molecule has 1 aromatic heterocycles. The highest BCUT2D eigenvalue weighted by Gasteiger charge is 2.23. The number of halogens is 1. The van der Waals surface area contributed by atoms with Crippen LogP contribution in [0.15, 0.2) is 4.47 Å². The Labute approximate surface area is 141 Å². The molecule has 0 radical (unpaired) electrons. The summed E-state index contributed by atoms with van der Waals surface area (Å²) >= 11 is 9.19. The maximum atomic E-state index is 5.52. The molecule has 0 amide bonds. The van der Waals surface area contributed by atoms with Crippen molar-refractivity contribution in [2.75, 3.05) is 0 Å². The Morgan fingerprint density at radius 1 is 0.857 bits per heavy atom. The van der Waals surface area contributed by atoms with Crippen LogP contribution in [0.4, 0.5) is 0 Å². The molecule has 1 heterocycles. The zero-order chi connectivity index (χ0) is 14.7. The van der Waals surface area contributed by atoms with Crippen molar-refractivity contribution in [3.8, 4) is 0 Å². The normalized spacial score (nSPS) is 22.1. The van der Waals surface area contributed by atoms with Crippen LogP contribution in [-0.4, -0.2) is 9.97 Å². The van der Waals surface area contributed by atoms with Gasteiger partial charge in [-0.3, -0.25) is 0 Å². The lowest BCUT2D eigenvalue weighted by molar-refractivity contribution is 0.440. The Balaban J connectivity index is 1.88. The van der Waals surface area contributed by atoms with Gasteiger partial charge in [-0.25, -0.2) is 4.98 Å². The first-order valence-electron chi connectivity index (χ1n) is 8.55. The molecule has 0 bridgehead atoms. The Morgan fingerprint density at radius 3 is 2.05 bits per heavy atom. The molecular weight excluding hydrogens is 344 g/mol. The maximum absolute atomic E-state index is 5.52. The largest absolute Gasteiger partial charge is 0.346 e. The van der Waals surface area contributed by atoms with Gasteiger partial charge in [-0.05, 0) is 41.6 Å². The molecule has 0 aliphatic heterocycles. The Kier molecular flexibility index (Phi) is 5.49. The summed E-state index contributed by atoms with van der Waals surface area (Å²) in [5, 5.41) is 0. The predicted molar refractivity (Wildman–Crippen MR) is 93.4 cm³/mol. The van der Waals surface area contributed by atoms with Crippen molar-refractivity contribution in [2.45, 2.75) is 82.5 Å². The SMILES string of the molecule is S=c1nc(C2CCCCCCC2)[nH]c(C2CCCC2)c1Br. The van der Waals surface area contributed by atoms with Crippen LogP contribution in [0.1, 0.15) is 94.0 Å². The Morgan fingerprint density at radius 2 is 1.38 bits per heavy atom. The summed E-state index contributed by atoms with van der Waals surface area (Å²) in [7, 11) is 0. The molecule has 21 heavy (non-hydrogen) atoms. The monoisotopic (exact) mass is 368 g/mol. The minimum Gasteiger partial charge on any atom is -0.346 e. The zero-order valence-corrected chi connectivity index (χ0v) is 15.1. The van der Waals surface area contributed by atoms with Crippen LogP contribution < -0.4 is 0 Å². The topological polar surface area (TPSA) is 28.7 Å². The van der Waals surface area contributed by atoms with Crippen LogP contribution in [0.25, 0.3) is 0 Å². The van der Waals surface area contributed by atoms with Gasteiger partial charge in [0, 0.05) is 17.5 Å². The summed E-state index contributed by atoms with van der Waals surface area (Å²) in [5.41, 5.74) is 1.32. The Hall–Kier alpha value is -0.220. The average Bonchev–Trinajstić information content (AvgIpc) is 2.95. The molecule has 0 spiro atoms. The lowest BCUT2D eigenvalue weighted by atomic mass is 9.90. The average molecular weight is 369 g/mol. The molecule has 1 N–H and O–H groups in total. The number of aromatic amines is 1. The highest BCUT2D eigenvalue weighted by atomic mass is 79.9. The first kappa shape index (κ1) is 15.7. The molecule has 0 unspecified atom stereocenters. The van der Waals surface area contributed by atoms with Crippen molar-refractivity contribution in [1.29, 1.82) is 0 Å². The summed E-state index contributed by atoms with van der Waals surface area (Å²) in [6.07, 6.45) is 14.6. The summed E-state index contributed by atoms with van der Waals surface area (Å²) < 4.78 is 1.80. The van der Waals surface area contributed by atoms with Crippen molar-refractivity contribution in [3.63, 3.8) is 0 Å². The summed E-state index contributed by atoms with van der Waals surface area (Å²) in [5.74, 6) is 2.39. The second kappa shape index (κ2) is 7.36. The molecule has 2 saturated carbocycles. The molecule has 2 aliphatic carbocycles. The number of hydrogen-bond donors (Lipinski definition) is 1. The molecule has 2 fully saturated rings. The van der Waals surface area contributed by atoms with Gasteiger partial charge in [-0.2, -0.15) is 0 Å². The second-order valence-electron chi connectivity index (χ2n) is 6.68. The standard InChI is InChI=1S/C17H25BrN2S/c18-14-15(12-8-6-7-9-12)19-16(20-17(14)21)13-10-4-2-1-3-5-11-13/h12-13H,1-11H2,(H,19,20,21). The fourth-order valence-corrected chi connectivity index (χ4v) is 4.63. The number of nitrogens with one attached hydrogen (secondary N) is 1. The smallest absolute Gasteiger partial charge is 0.144 e. The van der Waals surface area contributed by atoms with E-state index in [0.717, 1.165) is 14.9 Å².